The smallest absolute Gasteiger partial charge is 0.134 e. The van der Waals surface area contributed by atoms with E-state index in [9.17, 15) is 0 Å². The van der Waals surface area contributed by atoms with Crippen LogP contribution in [0.5, 0.6) is 0 Å². The first-order valence-corrected chi connectivity index (χ1v) is 4.41. The normalized spacial score (nSPS) is 10.8. The van der Waals surface area contributed by atoms with E-state index in [0.717, 1.165) is 0 Å². The van der Waals surface area contributed by atoms with Crippen molar-refractivity contribution >= 4 is 32.2 Å². The summed E-state index contributed by atoms with van der Waals surface area (Å²) in [4.78, 5) is 5.35. The zero-order valence-corrected chi connectivity index (χ0v) is 6.55. The number of thiophene rings is 1. The molecule has 0 atom stereocenters. The maximum Gasteiger partial charge on any atom is 0.134 e. The van der Waals surface area contributed by atoms with Crippen LogP contribution in [0.4, 0.5) is 0 Å². The molecule has 0 radical (unpaired) electrons. The molecule has 0 saturated carbocycles. The van der Waals surface area contributed by atoms with Crippen molar-refractivity contribution in [2.24, 2.45) is 0 Å². The lowest BCUT2D eigenvalue weighted by atomic mass is 10.4. The van der Waals surface area contributed by atoms with Crippen LogP contribution in [0.3, 0.4) is 0 Å². The molecular weight excluding hydrogens is 150 g/mol. The van der Waals surface area contributed by atoms with E-state index in [2.05, 4.69) is 17.3 Å². The summed E-state index contributed by atoms with van der Waals surface area (Å²) in [6.07, 6.45) is 0. The number of thiazole rings is 1. The third kappa shape index (κ3) is 0.686. The van der Waals surface area contributed by atoms with E-state index in [-0.39, 0.29) is 0 Å². The van der Waals surface area contributed by atoms with Crippen LogP contribution in [0.15, 0.2) is 10.9 Å². The van der Waals surface area contributed by atoms with E-state index in [1.807, 2.05) is 5.51 Å². The molecule has 0 saturated heterocycles. The Labute approximate surface area is 61.0 Å². The minimum absolute atomic E-state index is 1.18. The van der Waals surface area contributed by atoms with Gasteiger partial charge in [0.15, 0.2) is 0 Å². The maximum atomic E-state index is 4.18. The Kier molecular flexibility index (Phi) is 1.07. The SMILES string of the molecule is Cc1csc2ncsc12. The first kappa shape index (κ1) is 5.38. The van der Waals surface area contributed by atoms with Gasteiger partial charge in [-0.25, -0.2) is 4.98 Å². The van der Waals surface area contributed by atoms with Crippen molar-refractivity contribution in [3.05, 3.63) is 16.5 Å². The maximum absolute atomic E-state index is 4.18. The molecule has 0 aliphatic carbocycles. The molecule has 0 aliphatic heterocycles. The fourth-order valence-electron chi connectivity index (χ4n) is 0.779. The molecule has 2 aromatic rings. The average Bonchev–Trinajstić information content (AvgIpc) is 2.35. The number of hydrogen-bond donors (Lipinski definition) is 0. The number of nitrogens with zero attached hydrogens (tertiary/aromatic N) is 1. The van der Waals surface area contributed by atoms with Gasteiger partial charge in [0.05, 0.1) is 10.2 Å². The topological polar surface area (TPSA) is 12.9 Å². The molecule has 3 heteroatoms. The third-order valence-corrected chi connectivity index (χ3v) is 3.34. The van der Waals surface area contributed by atoms with E-state index in [4.69, 9.17) is 0 Å². The minimum Gasteiger partial charge on any atom is -0.234 e. The number of aromatic nitrogens is 1. The van der Waals surface area contributed by atoms with Crippen molar-refractivity contribution in [2.45, 2.75) is 6.92 Å². The molecule has 0 aromatic carbocycles. The molecule has 0 fully saturated rings. The molecular formula is C6H5NS2. The largest absolute Gasteiger partial charge is 0.234 e. The fourth-order valence-corrected chi connectivity index (χ4v) is 2.66. The molecule has 2 heterocycles. The van der Waals surface area contributed by atoms with Gasteiger partial charge in [-0.1, -0.05) is 0 Å². The summed E-state index contributed by atoms with van der Waals surface area (Å²) in [5.74, 6) is 0. The number of rotatable bonds is 0. The molecule has 9 heavy (non-hydrogen) atoms. The van der Waals surface area contributed by atoms with Crippen molar-refractivity contribution in [1.82, 2.24) is 4.98 Å². The summed E-state index contributed by atoms with van der Waals surface area (Å²) in [6, 6.07) is 0. The van der Waals surface area contributed by atoms with Crippen LogP contribution in [-0.2, 0) is 0 Å². The highest BCUT2D eigenvalue weighted by atomic mass is 32.1. The van der Waals surface area contributed by atoms with E-state index < -0.39 is 0 Å². The molecule has 0 amide bonds. The molecule has 0 unspecified atom stereocenters. The lowest BCUT2D eigenvalue weighted by Gasteiger charge is -1.74. The Morgan fingerprint density at radius 1 is 1.44 bits per heavy atom. The van der Waals surface area contributed by atoms with Crippen molar-refractivity contribution in [1.29, 1.82) is 0 Å². The van der Waals surface area contributed by atoms with E-state index >= 15 is 0 Å². The van der Waals surface area contributed by atoms with E-state index in [0.29, 0.717) is 0 Å². The predicted molar refractivity (Wildman–Crippen MR) is 42.2 cm³/mol. The van der Waals surface area contributed by atoms with Gasteiger partial charge in [-0.05, 0) is 17.9 Å². The number of hydrogen-bond acceptors (Lipinski definition) is 3. The summed E-state index contributed by atoms with van der Waals surface area (Å²) in [7, 11) is 0. The van der Waals surface area contributed by atoms with Crippen LogP contribution in [0.2, 0.25) is 0 Å². The molecule has 46 valence electrons. The Bertz CT molecular complexity index is 320. The van der Waals surface area contributed by atoms with Gasteiger partial charge in [-0.15, -0.1) is 22.7 Å². The van der Waals surface area contributed by atoms with Crippen LogP contribution in [-0.4, -0.2) is 4.98 Å². The average molecular weight is 155 g/mol. The van der Waals surface area contributed by atoms with Gasteiger partial charge >= 0.3 is 0 Å². The second kappa shape index (κ2) is 1.78. The van der Waals surface area contributed by atoms with Gasteiger partial charge in [-0.2, -0.15) is 0 Å². The van der Waals surface area contributed by atoms with Crippen LogP contribution >= 0.6 is 22.7 Å². The van der Waals surface area contributed by atoms with E-state index in [1.165, 1.54) is 15.1 Å². The van der Waals surface area contributed by atoms with Gasteiger partial charge in [0.2, 0.25) is 0 Å². The standard InChI is InChI=1S/C6H5NS2/c1-4-2-8-6-5(4)9-3-7-6/h2-3H,1H3. The molecule has 0 aliphatic rings. The van der Waals surface area contributed by atoms with Crippen molar-refractivity contribution in [2.75, 3.05) is 0 Å². The lowest BCUT2D eigenvalue weighted by molar-refractivity contribution is 1.54. The van der Waals surface area contributed by atoms with Crippen molar-refractivity contribution in [3.63, 3.8) is 0 Å². The van der Waals surface area contributed by atoms with E-state index in [1.54, 1.807) is 22.7 Å². The Morgan fingerprint density at radius 2 is 2.33 bits per heavy atom. The zero-order valence-electron chi connectivity index (χ0n) is 4.92. The zero-order chi connectivity index (χ0) is 6.27. The first-order chi connectivity index (χ1) is 4.38. The molecule has 1 nitrogen and oxygen atoms in total. The monoisotopic (exact) mass is 155 g/mol. The molecule has 2 rings (SSSR count). The first-order valence-electron chi connectivity index (χ1n) is 2.65. The summed E-state index contributed by atoms with van der Waals surface area (Å²) >= 11 is 3.44. The molecule has 0 bridgehead atoms. The van der Waals surface area contributed by atoms with Crippen LogP contribution in [0.25, 0.3) is 9.53 Å². The number of aryl methyl sites for hydroxylation is 1. The Morgan fingerprint density at radius 3 is 3.11 bits per heavy atom. The van der Waals surface area contributed by atoms with Gasteiger partial charge in [0.25, 0.3) is 0 Å². The molecule has 0 N–H and O–H groups in total. The highest BCUT2D eigenvalue weighted by Gasteiger charge is 1.99. The minimum atomic E-state index is 1.18. The summed E-state index contributed by atoms with van der Waals surface area (Å²) in [5, 5.41) is 2.15. The summed E-state index contributed by atoms with van der Waals surface area (Å²) in [6.45, 7) is 2.12. The number of fused-ring (bicyclic) bond motifs is 1. The highest BCUT2D eigenvalue weighted by Crippen LogP contribution is 2.26. The Balaban J connectivity index is 2.99. The van der Waals surface area contributed by atoms with Crippen LogP contribution in [0.1, 0.15) is 5.56 Å². The van der Waals surface area contributed by atoms with Gasteiger partial charge in [0, 0.05) is 0 Å². The third-order valence-electron chi connectivity index (χ3n) is 1.24. The van der Waals surface area contributed by atoms with Gasteiger partial charge in [-0.3, -0.25) is 0 Å². The predicted octanol–water partition coefficient (Wildman–Crippen LogP) is 2.67. The highest BCUT2D eigenvalue weighted by molar-refractivity contribution is 7.25. The summed E-state index contributed by atoms with van der Waals surface area (Å²) < 4.78 is 1.35. The second-order valence-electron chi connectivity index (χ2n) is 1.91. The molecule has 2 aromatic heterocycles. The van der Waals surface area contributed by atoms with Gasteiger partial charge < -0.3 is 0 Å². The Hall–Kier alpha value is -0.410. The van der Waals surface area contributed by atoms with Crippen molar-refractivity contribution in [3.8, 4) is 0 Å². The van der Waals surface area contributed by atoms with Crippen LogP contribution in [0, 0.1) is 6.92 Å². The lowest BCUT2D eigenvalue weighted by Crippen LogP contribution is -1.54. The molecule has 0 spiro atoms. The second-order valence-corrected chi connectivity index (χ2v) is 3.62. The van der Waals surface area contributed by atoms with Gasteiger partial charge in [0.1, 0.15) is 4.83 Å². The summed E-state index contributed by atoms with van der Waals surface area (Å²) in [5.41, 5.74) is 3.26. The van der Waals surface area contributed by atoms with Crippen LogP contribution < -0.4 is 0 Å². The quantitative estimate of drug-likeness (QED) is 0.570. The van der Waals surface area contributed by atoms with Crippen molar-refractivity contribution < 1.29 is 0 Å². The fraction of sp³-hybridized carbons (Fsp3) is 0.167.